The predicted octanol–water partition coefficient (Wildman–Crippen LogP) is 2.70. The van der Waals surface area contributed by atoms with E-state index < -0.39 is 0 Å². The third-order valence-electron chi connectivity index (χ3n) is 3.49. The van der Waals surface area contributed by atoms with Crippen LogP contribution in [0.1, 0.15) is 43.0 Å². The van der Waals surface area contributed by atoms with Crippen molar-refractivity contribution in [1.82, 2.24) is 5.32 Å². The molecule has 0 radical (unpaired) electrons. The average molecular weight is 233 g/mol. The van der Waals surface area contributed by atoms with Crippen LogP contribution < -0.4 is 5.32 Å². The van der Waals surface area contributed by atoms with Gasteiger partial charge in [0.05, 0.1) is 0 Å². The lowest BCUT2D eigenvalue weighted by molar-refractivity contribution is 0.0943. The lowest BCUT2D eigenvalue weighted by atomic mass is 10.0. The summed E-state index contributed by atoms with van der Waals surface area (Å²) in [4.78, 5) is 11.8. The molecule has 0 spiro atoms. The Morgan fingerprint density at radius 2 is 2.00 bits per heavy atom. The minimum atomic E-state index is -0.0487. The van der Waals surface area contributed by atoms with E-state index in [2.05, 4.69) is 12.2 Å². The molecule has 1 aromatic carbocycles. The second-order valence-electron chi connectivity index (χ2n) is 4.98. The van der Waals surface area contributed by atoms with Gasteiger partial charge < -0.3 is 10.4 Å². The molecule has 0 bridgehead atoms. The fourth-order valence-corrected chi connectivity index (χ4v) is 2.20. The normalized spacial score (nSPS) is 16.5. The Balaban J connectivity index is 1.87. The Labute approximate surface area is 102 Å². The van der Waals surface area contributed by atoms with Crippen molar-refractivity contribution in [3.8, 4) is 5.75 Å². The first kappa shape index (κ1) is 12.0. The van der Waals surface area contributed by atoms with Gasteiger partial charge >= 0.3 is 0 Å². The van der Waals surface area contributed by atoms with Crippen LogP contribution in [0.15, 0.2) is 24.3 Å². The van der Waals surface area contributed by atoms with Crippen molar-refractivity contribution >= 4 is 5.91 Å². The van der Waals surface area contributed by atoms with Crippen molar-refractivity contribution in [3.05, 3.63) is 29.8 Å². The monoisotopic (exact) mass is 233 g/mol. The zero-order valence-electron chi connectivity index (χ0n) is 10.2. The van der Waals surface area contributed by atoms with E-state index in [9.17, 15) is 4.79 Å². The minimum Gasteiger partial charge on any atom is -0.508 e. The predicted molar refractivity (Wildman–Crippen MR) is 67.0 cm³/mol. The molecule has 1 aromatic rings. The van der Waals surface area contributed by atoms with E-state index in [1.807, 2.05) is 0 Å². The molecule has 3 nitrogen and oxygen atoms in total. The van der Waals surface area contributed by atoms with Crippen LogP contribution in [0, 0.1) is 5.41 Å². The third-order valence-corrected chi connectivity index (χ3v) is 3.49. The van der Waals surface area contributed by atoms with Gasteiger partial charge in [0.2, 0.25) is 0 Å². The maximum atomic E-state index is 11.8. The molecule has 17 heavy (non-hydrogen) atoms. The van der Waals surface area contributed by atoms with Gasteiger partial charge in [-0.2, -0.15) is 0 Å². The van der Waals surface area contributed by atoms with E-state index >= 15 is 0 Å². The molecule has 0 unspecified atom stereocenters. The first-order valence-electron chi connectivity index (χ1n) is 6.22. The van der Waals surface area contributed by atoms with Crippen molar-refractivity contribution in [2.45, 2.75) is 32.6 Å². The molecule has 2 rings (SSSR count). The summed E-state index contributed by atoms with van der Waals surface area (Å²) in [6, 6.07) is 6.36. The van der Waals surface area contributed by atoms with Crippen LogP contribution >= 0.6 is 0 Å². The number of hydrogen-bond acceptors (Lipinski definition) is 2. The van der Waals surface area contributed by atoms with Crippen LogP contribution in [0.4, 0.5) is 0 Å². The van der Waals surface area contributed by atoms with Gasteiger partial charge in [-0.05, 0) is 48.9 Å². The second-order valence-corrected chi connectivity index (χ2v) is 4.98. The van der Waals surface area contributed by atoms with Crippen LogP contribution in [0.3, 0.4) is 0 Å². The highest BCUT2D eigenvalue weighted by Gasteiger charge is 2.41. The summed E-state index contributed by atoms with van der Waals surface area (Å²) in [6.45, 7) is 2.96. The summed E-state index contributed by atoms with van der Waals surface area (Å²) < 4.78 is 0. The van der Waals surface area contributed by atoms with E-state index in [-0.39, 0.29) is 11.7 Å². The van der Waals surface area contributed by atoms with E-state index in [4.69, 9.17) is 5.11 Å². The highest BCUT2D eigenvalue weighted by molar-refractivity contribution is 5.94. The summed E-state index contributed by atoms with van der Waals surface area (Å²) in [5.41, 5.74) is 0.983. The fraction of sp³-hybridized carbons (Fsp3) is 0.500. The van der Waals surface area contributed by atoms with Gasteiger partial charge in [-0.1, -0.05) is 13.3 Å². The Morgan fingerprint density at radius 3 is 2.53 bits per heavy atom. The van der Waals surface area contributed by atoms with Gasteiger partial charge in [-0.15, -0.1) is 0 Å². The number of phenols is 1. The van der Waals surface area contributed by atoms with Crippen molar-refractivity contribution in [2.24, 2.45) is 5.41 Å². The topological polar surface area (TPSA) is 49.3 Å². The number of benzene rings is 1. The number of nitrogens with one attached hydrogen (secondary N) is 1. The molecule has 1 aliphatic carbocycles. The molecule has 0 heterocycles. The molecule has 0 aromatic heterocycles. The van der Waals surface area contributed by atoms with Crippen LogP contribution in [-0.2, 0) is 0 Å². The lowest BCUT2D eigenvalue weighted by Crippen LogP contribution is -2.30. The Hall–Kier alpha value is -1.51. The number of carbonyl (C=O) groups is 1. The third kappa shape index (κ3) is 2.99. The molecule has 1 saturated carbocycles. The van der Waals surface area contributed by atoms with E-state index in [0.717, 1.165) is 6.54 Å². The summed E-state index contributed by atoms with van der Waals surface area (Å²) in [5.74, 6) is 0.138. The summed E-state index contributed by atoms with van der Waals surface area (Å²) in [6.07, 6.45) is 4.84. The van der Waals surface area contributed by atoms with E-state index in [0.29, 0.717) is 11.0 Å². The van der Waals surface area contributed by atoms with Gasteiger partial charge in [-0.3, -0.25) is 4.79 Å². The first-order chi connectivity index (χ1) is 8.15. The zero-order chi connectivity index (χ0) is 12.3. The number of phenolic OH excluding ortho intramolecular Hbond substituents is 1. The van der Waals surface area contributed by atoms with Crippen LogP contribution in [-0.4, -0.2) is 17.6 Å². The number of rotatable bonds is 5. The first-order valence-corrected chi connectivity index (χ1v) is 6.22. The van der Waals surface area contributed by atoms with Crippen molar-refractivity contribution < 1.29 is 9.90 Å². The molecule has 1 aliphatic rings. The molecule has 3 heteroatoms. The number of hydrogen-bond donors (Lipinski definition) is 2. The van der Waals surface area contributed by atoms with Gasteiger partial charge in [0.15, 0.2) is 0 Å². The summed E-state index contributed by atoms with van der Waals surface area (Å²) >= 11 is 0. The molecule has 0 aliphatic heterocycles. The van der Waals surface area contributed by atoms with Crippen LogP contribution in [0.5, 0.6) is 5.75 Å². The fourth-order valence-electron chi connectivity index (χ4n) is 2.20. The van der Waals surface area contributed by atoms with Gasteiger partial charge in [-0.25, -0.2) is 0 Å². The molecule has 2 N–H and O–H groups in total. The van der Waals surface area contributed by atoms with Gasteiger partial charge in [0.1, 0.15) is 5.75 Å². The van der Waals surface area contributed by atoms with Gasteiger partial charge in [0, 0.05) is 12.1 Å². The van der Waals surface area contributed by atoms with Crippen LogP contribution in [0.2, 0.25) is 0 Å². The molecule has 1 amide bonds. The average Bonchev–Trinajstić information content (AvgIpc) is 3.08. The molecule has 0 saturated heterocycles. The van der Waals surface area contributed by atoms with Crippen molar-refractivity contribution in [2.75, 3.05) is 6.54 Å². The molecule has 1 fully saturated rings. The second kappa shape index (κ2) is 4.78. The van der Waals surface area contributed by atoms with Gasteiger partial charge in [0.25, 0.3) is 5.91 Å². The van der Waals surface area contributed by atoms with Crippen molar-refractivity contribution in [3.63, 3.8) is 0 Å². The van der Waals surface area contributed by atoms with Crippen molar-refractivity contribution in [1.29, 1.82) is 0 Å². The smallest absolute Gasteiger partial charge is 0.251 e. The molecular formula is C14H19NO2. The highest BCUT2D eigenvalue weighted by Crippen LogP contribution is 2.48. The zero-order valence-corrected chi connectivity index (χ0v) is 10.2. The number of amides is 1. The standard InChI is InChI=1S/C14H19NO2/c1-2-7-14(8-9-14)10-15-13(17)11-3-5-12(16)6-4-11/h3-6,16H,2,7-10H2,1H3,(H,15,17). The Kier molecular flexibility index (Phi) is 3.36. The van der Waals surface area contributed by atoms with Crippen LogP contribution in [0.25, 0.3) is 0 Å². The van der Waals surface area contributed by atoms with E-state index in [1.54, 1.807) is 12.1 Å². The summed E-state index contributed by atoms with van der Waals surface area (Å²) in [5, 5.41) is 12.1. The molecule has 0 atom stereocenters. The highest BCUT2D eigenvalue weighted by atomic mass is 16.3. The largest absolute Gasteiger partial charge is 0.508 e. The maximum Gasteiger partial charge on any atom is 0.251 e. The lowest BCUT2D eigenvalue weighted by Gasteiger charge is -2.14. The minimum absolute atomic E-state index is 0.0487. The SMILES string of the molecule is CCCC1(CNC(=O)c2ccc(O)cc2)CC1. The molecule has 92 valence electrons. The summed E-state index contributed by atoms with van der Waals surface area (Å²) in [7, 11) is 0. The quantitative estimate of drug-likeness (QED) is 0.821. The Morgan fingerprint density at radius 1 is 1.35 bits per heavy atom. The molecular weight excluding hydrogens is 214 g/mol. The maximum absolute atomic E-state index is 11.8. The Bertz CT molecular complexity index is 393. The number of carbonyl (C=O) groups excluding carboxylic acids is 1. The van der Waals surface area contributed by atoms with E-state index in [1.165, 1.54) is 37.8 Å². The number of aromatic hydroxyl groups is 1.